The van der Waals surface area contributed by atoms with Crippen LogP contribution in [0.4, 0.5) is 5.69 Å². The van der Waals surface area contributed by atoms with Crippen LogP contribution in [0.25, 0.3) is 22.3 Å². The quantitative estimate of drug-likeness (QED) is 0.429. The molecule has 4 rings (SSSR count). The monoisotopic (exact) mass is 461 g/mol. The van der Waals surface area contributed by atoms with Gasteiger partial charge in [0, 0.05) is 16.1 Å². The first-order valence-corrected chi connectivity index (χ1v) is 9.94. The molecule has 1 amide bonds. The second-order valence-electron chi connectivity index (χ2n) is 6.39. The number of hydrogen-bond donors (Lipinski definition) is 1. The van der Waals surface area contributed by atoms with Gasteiger partial charge in [0.15, 0.2) is 6.61 Å². The molecule has 2 aromatic heterocycles. The van der Waals surface area contributed by atoms with Crippen molar-refractivity contribution in [2.45, 2.75) is 0 Å². The summed E-state index contributed by atoms with van der Waals surface area (Å²) < 4.78 is 6.03. The number of nitrogens with zero attached hydrogens (tertiary/aromatic N) is 2. The molecule has 0 radical (unpaired) electrons. The molecule has 4 aromatic rings. The van der Waals surface area contributed by atoms with E-state index in [-0.39, 0.29) is 0 Å². The highest BCUT2D eigenvalue weighted by molar-refractivity contribution is 9.10. The number of ether oxygens (including phenoxy) is 1. The summed E-state index contributed by atoms with van der Waals surface area (Å²) in [5.41, 5.74) is 2.77. The van der Waals surface area contributed by atoms with Gasteiger partial charge in [0.2, 0.25) is 0 Å². The summed E-state index contributed by atoms with van der Waals surface area (Å²) in [4.78, 5) is 33.9. The number of benzene rings is 2. The normalized spacial score (nSPS) is 10.6. The molecule has 0 atom stereocenters. The minimum Gasteiger partial charge on any atom is -0.452 e. The minimum absolute atomic E-state index is 0.329. The Balaban J connectivity index is 1.57. The largest absolute Gasteiger partial charge is 0.452 e. The number of halogens is 1. The van der Waals surface area contributed by atoms with Gasteiger partial charge in [-0.1, -0.05) is 36.4 Å². The van der Waals surface area contributed by atoms with E-state index in [9.17, 15) is 9.59 Å². The van der Waals surface area contributed by atoms with Crippen molar-refractivity contribution in [2.24, 2.45) is 0 Å². The summed E-state index contributed by atoms with van der Waals surface area (Å²) in [6.45, 7) is -0.407. The van der Waals surface area contributed by atoms with Crippen LogP contribution in [0.2, 0.25) is 0 Å². The SMILES string of the molecule is O=C(COC(=O)c1cc(-c2ccccn2)nc2ccccc12)Nc1ccccc1Br. The van der Waals surface area contributed by atoms with Gasteiger partial charge < -0.3 is 10.1 Å². The van der Waals surface area contributed by atoms with Crippen LogP contribution in [0.15, 0.2) is 83.5 Å². The first-order valence-electron chi connectivity index (χ1n) is 9.14. The fourth-order valence-electron chi connectivity index (χ4n) is 2.95. The van der Waals surface area contributed by atoms with E-state index in [0.717, 1.165) is 4.47 Å². The molecule has 0 saturated carbocycles. The Bertz CT molecular complexity index is 1230. The second-order valence-corrected chi connectivity index (χ2v) is 7.25. The Hall–Kier alpha value is -3.58. The first-order chi connectivity index (χ1) is 14.6. The van der Waals surface area contributed by atoms with Crippen LogP contribution < -0.4 is 5.32 Å². The van der Waals surface area contributed by atoms with Crippen LogP contribution in [-0.2, 0) is 9.53 Å². The van der Waals surface area contributed by atoms with E-state index in [1.165, 1.54) is 0 Å². The van der Waals surface area contributed by atoms with E-state index in [1.54, 1.807) is 30.5 Å². The summed E-state index contributed by atoms with van der Waals surface area (Å²) in [5, 5.41) is 3.35. The average molecular weight is 462 g/mol. The van der Waals surface area contributed by atoms with Crippen molar-refractivity contribution in [3.8, 4) is 11.4 Å². The Morgan fingerprint density at radius 2 is 1.70 bits per heavy atom. The molecule has 0 saturated heterocycles. The molecule has 2 aromatic carbocycles. The molecule has 148 valence electrons. The topological polar surface area (TPSA) is 81.2 Å². The third-order valence-corrected chi connectivity index (χ3v) is 5.04. The lowest BCUT2D eigenvalue weighted by Crippen LogP contribution is -2.21. The zero-order chi connectivity index (χ0) is 20.9. The summed E-state index contributed by atoms with van der Waals surface area (Å²) in [6, 6.07) is 21.6. The number of hydrogen-bond acceptors (Lipinski definition) is 5. The Labute approximate surface area is 181 Å². The van der Waals surface area contributed by atoms with Crippen molar-refractivity contribution < 1.29 is 14.3 Å². The van der Waals surface area contributed by atoms with Crippen LogP contribution in [-0.4, -0.2) is 28.5 Å². The Morgan fingerprint density at radius 1 is 0.933 bits per heavy atom. The molecule has 30 heavy (non-hydrogen) atoms. The van der Waals surface area contributed by atoms with E-state index in [0.29, 0.717) is 33.5 Å². The van der Waals surface area contributed by atoms with Gasteiger partial charge in [-0.15, -0.1) is 0 Å². The third-order valence-electron chi connectivity index (χ3n) is 4.35. The lowest BCUT2D eigenvalue weighted by Gasteiger charge is -2.10. The van der Waals surface area contributed by atoms with Gasteiger partial charge in [0.1, 0.15) is 0 Å². The maximum Gasteiger partial charge on any atom is 0.339 e. The van der Waals surface area contributed by atoms with Crippen LogP contribution in [0.1, 0.15) is 10.4 Å². The zero-order valence-corrected chi connectivity index (χ0v) is 17.3. The molecular weight excluding hydrogens is 446 g/mol. The van der Waals surface area contributed by atoms with Gasteiger partial charge in [-0.2, -0.15) is 0 Å². The maximum atomic E-state index is 12.8. The summed E-state index contributed by atoms with van der Waals surface area (Å²) in [6.07, 6.45) is 1.66. The number of amides is 1. The molecule has 1 N–H and O–H groups in total. The Morgan fingerprint density at radius 3 is 2.50 bits per heavy atom. The highest BCUT2D eigenvalue weighted by atomic mass is 79.9. The molecule has 0 aliphatic rings. The number of nitrogens with one attached hydrogen (secondary N) is 1. The number of fused-ring (bicyclic) bond motifs is 1. The highest BCUT2D eigenvalue weighted by Gasteiger charge is 2.17. The van der Waals surface area contributed by atoms with Crippen LogP contribution >= 0.6 is 15.9 Å². The summed E-state index contributed by atoms with van der Waals surface area (Å²) in [7, 11) is 0. The van der Waals surface area contributed by atoms with Crippen LogP contribution in [0.3, 0.4) is 0 Å². The summed E-state index contributed by atoms with van der Waals surface area (Å²) in [5.74, 6) is -1.04. The van der Waals surface area contributed by atoms with Crippen molar-refractivity contribution in [1.29, 1.82) is 0 Å². The third kappa shape index (κ3) is 4.36. The number of rotatable bonds is 5. The van der Waals surface area contributed by atoms with Gasteiger partial charge in [0.25, 0.3) is 5.91 Å². The zero-order valence-electron chi connectivity index (χ0n) is 15.7. The molecule has 7 heteroatoms. The smallest absolute Gasteiger partial charge is 0.339 e. The predicted octanol–water partition coefficient (Wildman–Crippen LogP) is 4.85. The number of esters is 1. The van der Waals surface area contributed by atoms with E-state index >= 15 is 0 Å². The van der Waals surface area contributed by atoms with Gasteiger partial charge in [-0.05, 0) is 52.3 Å². The molecule has 0 aliphatic heterocycles. The average Bonchev–Trinajstić information content (AvgIpc) is 2.79. The fraction of sp³-hybridized carbons (Fsp3) is 0.0435. The summed E-state index contributed by atoms with van der Waals surface area (Å²) >= 11 is 3.36. The standard InChI is InChI=1S/C23H16BrN3O3/c24-17-8-2-4-10-19(17)27-22(28)14-30-23(29)16-13-21(20-11-5-6-12-25-20)26-18-9-3-1-7-15(16)18/h1-13H,14H2,(H,27,28). The predicted molar refractivity (Wildman–Crippen MR) is 118 cm³/mol. The number of carbonyl (C=O) groups excluding carboxylic acids is 2. The lowest BCUT2D eigenvalue weighted by molar-refractivity contribution is -0.119. The Kier molecular flexibility index (Phi) is 5.81. The second kappa shape index (κ2) is 8.84. The molecular formula is C23H16BrN3O3. The number of para-hydroxylation sites is 2. The molecule has 0 unspecified atom stereocenters. The molecule has 0 bridgehead atoms. The molecule has 6 nitrogen and oxygen atoms in total. The van der Waals surface area contributed by atoms with Crippen LogP contribution in [0.5, 0.6) is 0 Å². The van der Waals surface area contributed by atoms with Gasteiger partial charge in [0.05, 0.1) is 28.2 Å². The van der Waals surface area contributed by atoms with Crippen molar-refractivity contribution in [3.63, 3.8) is 0 Å². The van der Waals surface area contributed by atoms with Crippen molar-refractivity contribution >= 4 is 44.4 Å². The fourth-order valence-corrected chi connectivity index (χ4v) is 3.33. The van der Waals surface area contributed by atoms with E-state index < -0.39 is 18.5 Å². The maximum absolute atomic E-state index is 12.8. The van der Waals surface area contributed by atoms with Crippen molar-refractivity contribution in [3.05, 3.63) is 89.0 Å². The van der Waals surface area contributed by atoms with E-state index in [4.69, 9.17) is 4.74 Å². The van der Waals surface area contributed by atoms with Gasteiger partial charge in [-0.25, -0.2) is 9.78 Å². The lowest BCUT2D eigenvalue weighted by atomic mass is 10.1. The first kappa shape index (κ1) is 19.7. The highest BCUT2D eigenvalue weighted by Crippen LogP contribution is 2.24. The van der Waals surface area contributed by atoms with Crippen LogP contribution in [0, 0.1) is 0 Å². The molecule has 2 heterocycles. The van der Waals surface area contributed by atoms with Crippen molar-refractivity contribution in [2.75, 3.05) is 11.9 Å². The van der Waals surface area contributed by atoms with E-state index in [1.807, 2.05) is 48.5 Å². The number of carbonyl (C=O) groups is 2. The number of anilines is 1. The van der Waals surface area contributed by atoms with Gasteiger partial charge in [-0.3, -0.25) is 9.78 Å². The molecule has 0 spiro atoms. The van der Waals surface area contributed by atoms with E-state index in [2.05, 4.69) is 31.2 Å². The van der Waals surface area contributed by atoms with Gasteiger partial charge >= 0.3 is 5.97 Å². The molecule has 0 aliphatic carbocycles. The van der Waals surface area contributed by atoms with Crippen molar-refractivity contribution in [1.82, 2.24) is 9.97 Å². The molecule has 0 fully saturated rings. The number of pyridine rings is 2. The minimum atomic E-state index is -0.604. The number of aromatic nitrogens is 2.